The maximum atomic E-state index is 3.79. The monoisotopic (exact) mass is 146 g/mol. The Morgan fingerprint density at radius 3 is 2.55 bits per heavy atom. The van der Waals surface area contributed by atoms with Crippen LogP contribution in [-0.4, -0.2) is 0 Å². The van der Waals surface area contributed by atoms with Crippen LogP contribution in [0.5, 0.6) is 0 Å². The van der Waals surface area contributed by atoms with E-state index in [4.69, 9.17) is 0 Å². The van der Waals surface area contributed by atoms with E-state index in [9.17, 15) is 0 Å². The van der Waals surface area contributed by atoms with E-state index in [-0.39, 0.29) is 0 Å². The topological polar surface area (TPSA) is 0 Å². The average molecular weight is 146 g/mol. The van der Waals surface area contributed by atoms with Gasteiger partial charge in [-0.05, 0) is 24.8 Å². The number of benzene rings is 1. The molecule has 1 aromatic carbocycles. The molecule has 0 heteroatoms. The highest BCUT2D eigenvalue weighted by Crippen LogP contribution is 2.04. The molecule has 0 heterocycles. The van der Waals surface area contributed by atoms with Crippen molar-refractivity contribution in [2.75, 3.05) is 0 Å². The van der Waals surface area contributed by atoms with Crippen LogP contribution in [0.4, 0.5) is 0 Å². The Bertz CT molecular complexity index is 176. The average Bonchev–Trinajstić information content (AvgIpc) is 2.07. The van der Waals surface area contributed by atoms with Crippen molar-refractivity contribution in [3.63, 3.8) is 0 Å². The minimum atomic E-state index is 1.01. The molecule has 58 valence electrons. The zero-order chi connectivity index (χ0) is 7.94. The van der Waals surface area contributed by atoms with Crippen molar-refractivity contribution in [3.05, 3.63) is 49.2 Å². The number of unbranched alkanes of at least 4 members (excludes halogenated alkanes) is 2. The molecule has 0 aliphatic heterocycles. The third-order valence-electron chi connectivity index (χ3n) is 1.63. The van der Waals surface area contributed by atoms with Crippen LogP contribution in [-0.2, 0) is 6.42 Å². The Morgan fingerprint density at radius 2 is 1.91 bits per heavy atom. The molecule has 0 saturated heterocycles. The third-order valence-corrected chi connectivity index (χ3v) is 1.63. The molecule has 0 amide bonds. The molecule has 0 spiro atoms. The second kappa shape index (κ2) is 4.95. The van der Waals surface area contributed by atoms with E-state index >= 15 is 0 Å². The van der Waals surface area contributed by atoms with E-state index in [0.717, 1.165) is 19.3 Å². The van der Waals surface area contributed by atoms with Crippen molar-refractivity contribution in [2.24, 2.45) is 0 Å². The van der Waals surface area contributed by atoms with E-state index in [1.54, 1.807) is 0 Å². The summed E-state index contributed by atoms with van der Waals surface area (Å²) in [4.78, 5) is 0. The Balaban J connectivity index is 2.28. The standard InChI is InChI=1S/C11H14/c1-2-3-5-8-11-9-6-4-7-10-11/h4-7,9-10H,1-3,8H2. The second-order valence-electron chi connectivity index (χ2n) is 2.62. The minimum Gasteiger partial charge on any atom is -0.0622 e. The summed E-state index contributed by atoms with van der Waals surface area (Å²) in [5.41, 5.74) is 1.39. The Labute approximate surface area is 69.3 Å². The molecule has 0 atom stereocenters. The highest BCUT2D eigenvalue weighted by molar-refractivity contribution is 5.16. The van der Waals surface area contributed by atoms with Gasteiger partial charge in [0.25, 0.3) is 0 Å². The molecule has 2 radical (unpaired) electrons. The zero-order valence-corrected chi connectivity index (χ0v) is 6.79. The summed E-state index contributed by atoms with van der Waals surface area (Å²) in [5.74, 6) is 0. The zero-order valence-electron chi connectivity index (χ0n) is 6.79. The molecule has 0 N–H and O–H groups in total. The number of hydrogen-bond acceptors (Lipinski definition) is 0. The maximum absolute atomic E-state index is 3.79. The van der Waals surface area contributed by atoms with Crippen LogP contribution in [0.1, 0.15) is 18.4 Å². The Hall–Kier alpha value is -0.780. The van der Waals surface area contributed by atoms with Gasteiger partial charge in [0.1, 0.15) is 0 Å². The van der Waals surface area contributed by atoms with Gasteiger partial charge in [-0.1, -0.05) is 43.7 Å². The highest BCUT2D eigenvalue weighted by Gasteiger charge is 1.89. The molecule has 1 rings (SSSR count). The largest absolute Gasteiger partial charge is 0.0622 e. The van der Waals surface area contributed by atoms with Crippen LogP contribution in [0.25, 0.3) is 0 Å². The molecule has 0 nitrogen and oxygen atoms in total. The van der Waals surface area contributed by atoms with Crippen LogP contribution in [0.2, 0.25) is 0 Å². The first kappa shape index (κ1) is 8.32. The fourth-order valence-electron chi connectivity index (χ4n) is 1.03. The van der Waals surface area contributed by atoms with Gasteiger partial charge in [0, 0.05) is 0 Å². The SMILES string of the molecule is [CH2]CC[CH]Cc1ccccc1. The fourth-order valence-corrected chi connectivity index (χ4v) is 1.03. The summed E-state index contributed by atoms with van der Waals surface area (Å²) < 4.78 is 0. The van der Waals surface area contributed by atoms with Crippen molar-refractivity contribution in [3.8, 4) is 0 Å². The summed E-state index contributed by atoms with van der Waals surface area (Å²) in [5, 5.41) is 0. The minimum absolute atomic E-state index is 1.01. The highest BCUT2D eigenvalue weighted by atomic mass is 13.9. The quantitative estimate of drug-likeness (QED) is 0.573. The molecule has 0 fully saturated rings. The van der Waals surface area contributed by atoms with Gasteiger partial charge in [-0.3, -0.25) is 0 Å². The van der Waals surface area contributed by atoms with E-state index in [1.165, 1.54) is 5.56 Å². The van der Waals surface area contributed by atoms with Crippen molar-refractivity contribution in [1.29, 1.82) is 0 Å². The molecule has 11 heavy (non-hydrogen) atoms. The molecule has 0 aromatic heterocycles. The first-order valence-electron chi connectivity index (χ1n) is 4.08. The van der Waals surface area contributed by atoms with E-state index in [2.05, 4.69) is 37.6 Å². The normalized spacial score (nSPS) is 9.91. The lowest BCUT2D eigenvalue weighted by Crippen LogP contribution is -1.84. The van der Waals surface area contributed by atoms with Crippen molar-refractivity contribution in [2.45, 2.75) is 19.3 Å². The fraction of sp³-hybridized carbons (Fsp3) is 0.273. The van der Waals surface area contributed by atoms with E-state index in [1.807, 2.05) is 6.07 Å². The maximum Gasteiger partial charge on any atom is -0.0248 e. The lowest BCUT2D eigenvalue weighted by molar-refractivity contribution is 0.917. The Morgan fingerprint density at radius 1 is 1.18 bits per heavy atom. The van der Waals surface area contributed by atoms with E-state index in [0.29, 0.717) is 0 Å². The predicted molar refractivity (Wildman–Crippen MR) is 49.0 cm³/mol. The van der Waals surface area contributed by atoms with Crippen molar-refractivity contribution in [1.82, 2.24) is 0 Å². The molecule has 0 unspecified atom stereocenters. The molecule has 0 aliphatic rings. The summed E-state index contributed by atoms with van der Waals surface area (Å²) in [6, 6.07) is 10.5. The van der Waals surface area contributed by atoms with Crippen LogP contribution in [0.3, 0.4) is 0 Å². The molecular formula is C11H14. The van der Waals surface area contributed by atoms with Crippen LogP contribution in [0.15, 0.2) is 30.3 Å². The van der Waals surface area contributed by atoms with Gasteiger partial charge in [0.05, 0.1) is 0 Å². The van der Waals surface area contributed by atoms with Gasteiger partial charge < -0.3 is 0 Å². The number of rotatable bonds is 4. The van der Waals surface area contributed by atoms with Crippen LogP contribution < -0.4 is 0 Å². The summed E-state index contributed by atoms with van der Waals surface area (Å²) in [6.45, 7) is 3.79. The van der Waals surface area contributed by atoms with Crippen LogP contribution >= 0.6 is 0 Å². The van der Waals surface area contributed by atoms with E-state index < -0.39 is 0 Å². The van der Waals surface area contributed by atoms with Gasteiger partial charge in [0.15, 0.2) is 0 Å². The molecule has 0 aliphatic carbocycles. The molecule has 0 saturated carbocycles. The first-order chi connectivity index (χ1) is 5.43. The summed E-state index contributed by atoms with van der Waals surface area (Å²) in [7, 11) is 0. The Kier molecular flexibility index (Phi) is 3.74. The first-order valence-corrected chi connectivity index (χ1v) is 4.08. The van der Waals surface area contributed by atoms with Gasteiger partial charge in [0.2, 0.25) is 0 Å². The lowest BCUT2D eigenvalue weighted by atomic mass is 10.1. The predicted octanol–water partition coefficient (Wildman–Crippen LogP) is 3.05. The van der Waals surface area contributed by atoms with Crippen LogP contribution in [0, 0.1) is 13.3 Å². The van der Waals surface area contributed by atoms with Crippen molar-refractivity contribution >= 4 is 0 Å². The number of hydrogen-bond donors (Lipinski definition) is 0. The van der Waals surface area contributed by atoms with Gasteiger partial charge in [-0.15, -0.1) is 0 Å². The van der Waals surface area contributed by atoms with Gasteiger partial charge >= 0.3 is 0 Å². The van der Waals surface area contributed by atoms with Gasteiger partial charge in [-0.2, -0.15) is 0 Å². The third kappa shape index (κ3) is 3.22. The smallest absolute Gasteiger partial charge is 0.0248 e. The molecule has 1 aromatic rings. The van der Waals surface area contributed by atoms with Crippen molar-refractivity contribution < 1.29 is 0 Å². The second-order valence-corrected chi connectivity index (χ2v) is 2.62. The lowest BCUT2D eigenvalue weighted by Gasteiger charge is -1.97. The molecule has 0 bridgehead atoms. The summed E-state index contributed by atoms with van der Waals surface area (Å²) >= 11 is 0. The van der Waals surface area contributed by atoms with Gasteiger partial charge in [-0.25, -0.2) is 0 Å². The summed E-state index contributed by atoms with van der Waals surface area (Å²) in [6.07, 6.45) is 5.49. The molecular weight excluding hydrogens is 132 g/mol.